The lowest BCUT2D eigenvalue weighted by Gasteiger charge is -2.25. The number of alkyl halides is 3. The normalized spacial score (nSPS) is 11.7. The first kappa shape index (κ1) is 30.1. The number of hydrogen-bond acceptors (Lipinski definition) is 4. The number of benzene rings is 4. The van der Waals surface area contributed by atoms with Crippen molar-refractivity contribution in [1.82, 2.24) is 0 Å². The number of nitrogens with zero attached hydrogens (tertiary/aromatic N) is 1. The van der Waals surface area contributed by atoms with Gasteiger partial charge in [-0.15, -0.1) is 0 Å². The predicted octanol–water partition coefficient (Wildman–Crippen LogP) is 7.39. The molecule has 0 unspecified atom stereocenters. The molecule has 1 N–H and O–H groups in total. The minimum atomic E-state index is -4.88. The smallest absolute Gasteiger partial charge is 0.324 e. The van der Waals surface area contributed by atoms with Crippen LogP contribution in [-0.2, 0) is 21.0 Å². The van der Waals surface area contributed by atoms with Crippen LogP contribution >= 0.6 is 23.2 Å². The fraction of sp³-hybridized carbons (Fsp3) is 0.103. The highest BCUT2D eigenvalue weighted by atomic mass is 35.5. The molecule has 0 aliphatic heterocycles. The monoisotopic (exact) mass is 620 g/mol. The first-order valence-electron chi connectivity index (χ1n) is 11.9. The molecule has 4 rings (SSSR count). The molecule has 0 aliphatic rings. The summed E-state index contributed by atoms with van der Waals surface area (Å²) in [7, 11) is -4.54. The summed E-state index contributed by atoms with van der Waals surface area (Å²) in [5.74, 6) is -1.38. The van der Waals surface area contributed by atoms with Gasteiger partial charge in [0.25, 0.3) is 10.0 Å². The van der Waals surface area contributed by atoms with E-state index in [9.17, 15) is 31.2 Å². The minimum Gasteiger partial charge on any atom is -0.324 e. The molecule has 1 amide bonds. The Labute approximate surface area is 244 Å². The molecule has 0 atom stereocenters. The molecule has 0 fully saturated rings. The van der Waals surface area contributed by atoms with E-state index in [-0.39, 0.29) is 21.2 Å². The van der Waals surface area contributed by atoms with Crippen molar-refractivity contribution in [3.8, 4) is 0 Å². The third-order valence-corrected chi connectivity index (χ3v) is 8.33. The molecular weight excluding hydrogens is 600 g/mol. The van der Waals surface area contributed by atoms with Crippen molar-refractivity contribution < 1.29 is 31.2 Å². The lowest BCUT2D eigenvalue weighted by molar-refractivity contribution is -0.137. The fourth-order valence-electron chi connectivity index (χ4n) is 3.92. The van der Waals surface area contributed by atoms with E-state index < -0.39 is 50.7 Å². The molecule has 0 radical (unpaired) electrons. The number of carbonyl (C=O) groups excluding carboxylic acids is 2. The third kappa shape index (κ3) is 6.90. The molecule has 0 spiro atoms. The Hall–Kier alpha value is -3.86. The zero-order chi connectivity index (χ0) is 29.9. The summed E-state index contributed by atoms with van der Waals surface area (Å²) in [6.07, 6.45) is -4.88. The van der Waals surface area contributed by atoms with Crippen LogP contribution < -0.4 is 9.62 Å². The van der Waals surface area contributed by atoms with Crippen molar-refractivity contribution in [3.63, 3.8) is 0 Å². The van der Waals surface area contributed by atoms with Gasteiger partial charge in [-0.1, -0.05) is 71.2 Å². The molecule has 212 valence electrons. The van der Waals surface area contributed by atoms with Crippen LogP contribution in [0.3, 0.4) is 0 Å². The Balaban J connectivity index is 1.74. The Kier molecular flexibility index (Phi) is 8.77. The predicted molar refractivity (Wildman–Crippen MR) is 152 cm³/mol. The summed E-state index contributed by atoms with van der Waals surface area (Å²) >= 11 is 11.8. The van der Waals surface area contributed by atoms with Crippen LogP contribution in [0.25, 0.3) is 0 Å². The van der Waals surface area contributed by atoms with Gasteiger partial charge in [-0.3, -0.25) is 13.9 Å². The van der Waals surface area contributed by atoms with Crippen LogP contribution in [0.4, 0.5) is 24.5 Å². The van der Waals surface area contributed by atoms with Gasteiger partial charge in [-0.05, 0) is 55.5 Å². The average Bonchev–Trinajstić information content (AvgIpc) is 2.93. The molecule has 12 heteroatoms. The molecule has 4 aromatic carbocycles. The second-order valence-corrected chi connectivity index (χ2v) is 11.6. The van der Waals surface area contributed by atoms with Crippen LogP contribution in [0.5, 0.6) is 0 Å². The van der Waals surface area contributed by atoms with Crippen LogP contribution in [-0.4, -0.2) is 26.7 Å². The number of rotatable bonds is 8. The van der Waals surface area contributed by atoms with E-state index in [2.05, 4.69) is 5.32 Å². The van der Waals surface area contributed by atoms with Crippen molar-refractivity contribution in [2.24, 2.45) is 0 Å². The molecule has 0 heterocycles. The van der Waals surface area contributed by atoms with Crippen molar-refractivity contribution in [3.05, 3.63) is 123 Å². The Morgan fingerprint density at radius 2 is 1.54 bits per heavy atom. The zero-order valence-electron chi connectivity index (χ0n) is 21.2. The van der Waals surface area contributed by atoms with Crippen LogP contribution in [0, 0.1) is 6.92 Å². The summed E-state index contributed by atoms with van der Waals surface area (Å²) in [6, 6.07) is 20.5. The SMILES string of the molecule is Cc1ccc(S(=O)(=O)N(CC(=O)Nc2ccc(Cl)cc2C(=O)c2ccccc2)c2ccc(Cl)c(C(F)(F)F)c2)cc1. The molecule has 0 bridgehead atoms. The van der Waals surface area contributed by atoms with Gasteiger partial charge < -0.3 is 5.32 Å². The number of amides is 1. The Morgan fingerprint density at radius 3 is 2.17 bits per heavy atom. The second-order valence-electron chi connectivity index (χ2n) is 8.92. The molecule has 0 saturated carbocycles. The van der Waals surface area contributed by atoms with Gasteiger partial charge in [0, 0.05) is 16.1 Å². The van der Waals surface area contributed by atoms with E-state index >= 15 is 0 Å². The number of sulfonamides is 1. The quantitative estimate of drug-likeness (QED) is 0.208. The van der Waals surface area contributed by atoms with Gasteiger partial charge in [0.15, 0.2) is 5.78 Å². The summed E-state index contributed by atoms with van der Waals surface area (Å²) in [4.78, 5) is 26.2. The molecule has 41 heavy (non-hydrogen) atoms. The first-order chi connectivity index (χ1) is 19.3. The van der Waals surface area contributed by atoms with Gasteiger partial charge in [0.05, 0.1) is 26.9 Å². The van der Waals surface area contributed by atoms with E-state index in [0.29, 0.717) is 15.9 Å². The maximum atomic E-state index is 13.6. The Morgan fingerprint density at radius 1 is 0.878 bits per heavy atom. The largest absolute Gasteiger partial charge is 0.417 e. The maximum Gasteiger partial charge on any atom is 0.417 e. The number of hydrogen-bond donors (Lipinski definition) is 1. The summed E-state index contributed by atoms with van der Waals surface area (Å²) in [6.45, 7) is 0.813. The number of carbonyl (C=O) groups is 2. The lowest BCUT2D eigenvalue weighted by atomic mass is 10.0. The topological polar surface area (TPSA) is 83.6 Å². The van der Waals surface area contributed by atoms with Crippen molar-refractivity contribution in [2.45, 2.75) is 18.0 Å². The molecule has 6 nitrogen and oxygen atoms in total. The van der Waals surface area contributed by atoms with Gasteiger partial charge >= 0.3 is 6.18 Å². The first-order valence-corrected chi connectivity index (χ1v) is 14.1. The summed E-state index contributed by atoms with van der Waals surface area (Å²) in [5, 5.41) is 2.08. The fourth-order valence-corrected chi connectivity index (χ4v) is 5.73. The highest BCUT2D eigenvalue weighted by Gasteiger charge is 2.35. The van der Waals surface area contributed by atoms with E-state index in [1.165, 1.54) is 42.5 Å². The highest BCUT2D eigenvalue weighted by Crippen LogP contribution is 2.38. The third-order valence-electron chi connectivity index (χ3n) is 5.98. The number of aryl methyl sites for hydroxylation is 1. The number of halogens is 5. The van der Waals surface area contributed by atoms with Crippen molar-refractivity contribution in [2.75, 3.05) is 16.2 Å². The molecule has 4 aromatic rings. The molecule has 0 aromatic heterocycles. The lowest BCUT2D eigenvalue weighted by Crippen LogP contribution is -2.38. The van der Waals surface area contributed by atoms with Gasteiger partial charge in [-0.2, -0.15) is 13.2 Å². The van der Waals surface area contributed by atoms with E-state index in [1.54, 1.807) is 37.3 Å². The standard InChI is InChI=1S/C29H21Cl2F3N2O4S/c1-18-7-11-22(12-8-18)41(39,40)36(21-10-13-25(31)24(16-21)29(32,33)34)17-27(37)35-26-14-9-20(30)15-23(26)28(38)19-5-3-2-4-6-19/h2-16H,17H2,1H3,(H,35,37). The van der Waals surface area contributed by atoms with E-state index in [0.717, 1.165) is 17.7 Å². The van der Waals surface area contributed by atoms with Crippen molar-refractivity contribution in [1.29, 1.82) is 0 Å². The van der Waals surface area contributed by atoms with E-state index in [4.69, 9.17) is 23.2 Å². The van der Waals surface area contributed by atoms with Gasteiger partial charge in [0.1, 0.15) is 6.54 Å². The van der Waals surface area contributed by atoms with E-state index in [1.807, 2.05) is 0 Å². The number of anilines is 2. The maximum absolute atomic E-state index is 13.6. The minimum absolute atomic E-state index is 0.0352. The van der Waals surface area contributed by atoms with Gasteiger partial charge in [-0.25, -0.2) is 8.42 Å². The van der Waals surface area contributed by atoms with Crippen molar-refractivity contribution >= 4 is 56.3 Å². The highest BCUT2D eigenvalue weighted by molar-refractivity contribution is 7.92. The molecule has 0 aliphatic carbocycles. The summed E-state index contributed by atoms with van der Waals surface area (Å²) in [5.41, 5.74) is -0.570. The zero-order valence-corrected chi connectivity index (χ0v) is 23.6. The number of nitrogens with one attached hydrogen (secondary N) is 1. The summed E-state index contributed by atoms with van der Waals surface area (Å²) < 4.78 is 68.7. The van der Waals surface area contributed by atoms with Crippen LogP contribution in [0.2, 0.25) is 10.0 Å². The van der Waals surface area contributed by atoms with Crippen LogP contribution in [0.15, 0.2) is 95.9 Å². The molecular formula is C29H21Cl2F3N2O4S. The average molecular weight is 621 g/mol. The van der Waals surface area contributed by atoms with Gasteiger partial charge in [0.2, 0.25) is 5.91 Å². The second kappa shape index (κ2) is 11.9. The van der Waals surface area contributed by atoms with Crippen LogP contribution in [0.1, 0.15) is 27.0 Å². The number of ketones is 1. The molecule has 0 saturated heterocycles. The Bertz CT molecular complexity index is 1710.